The molecule has 0 spiro atoms. The van der Waals surface area contributed by atoms with E-state index in [0.717, 1.165) is 25.3 Å². The summed E-state index contributed by atoms with van der Waals surface area (Å²) in [4.78, 5) is 0. The number of rotatable bonds is 2. The first kappa shape index (κ1) is 11.3. The van der Waals surface area contributed by atoms with E-state index in [1.807, 2.05) is 0 Å². The molecule has 0 aliphatic heterocycles. The van der Waals surface area contributed by atoms with E-state index < -0.39 is 17.5 Å². The quantitative estimate of drug-likeness (QED) is 0.762. The molecule has 88 valence electrons. The van der Waals surface area contributed by atoms with Gasteiger partial charge in [-0.25, -0.2) is 13.2 Å². The van der Waals surface area contributed by atoms with E-state index in [1.54, 1.807) is 0 Å². The van der Waals surface area contributed by atoms with Gasteiger partial charge in [0.25, 0.3) is 0 Å². The number of hydrogen-bond acceptors (Lipinski definition) is 1. The SMILES string of the molecule is CC1CCCC1Nc1cc(F)c(F)cc1F. The highest BCUT2D eigenvalue weighted by Crippen LogP contribution is 2.29. The first-order valence-electron chi connectivity index (χ1n) is 5.49. The normalized spacial score (nSPS) is 24.8. The highest BCUT2D eigenvalue weighted by molar-refractivity contribution is 5.46. The van der Waals surface area contributed by atoms with Crippen LogP contribution < -0.4 is 5.32 Å². The topological polar surface area (TPSA) is 12.0 Å². The molecule has 16 heavy (non-hydrogen) atoms. The van der Waals surface area contributed by atoms with Crippen LogP contribution in [0.25, 0.3) is 0 Å². The lowest BCUT2D eigenvalue weighted by atomic mass is 10.1. The average molecular weight is 229 g/mol. The van der Waals surface area contributed by atoms with Crippen molar-refractivity contribution >= 4 is 5.69 Å². The molecule has 1 aliphatic carbocycles. The Bertz CT molecular complexity index is 392. The molecule has 2 rings (SSSR count). The predicted octanol–water partition coefficient (Wildman–Crippen LogP) is 3.70. The van der Waals surface area contributed by atoms with Gasteiger partial charge in [-0.05, 0) is 18.8 Å². The zero-order valence-electron chi connectivity index (χ0n) is 9.06. The van der Waals surface area contributed by atoms with Crippen LogP contribution in [0.5, 0.6) is 0 Å². The fourth-order valence-electron chi connectivity index (χ4n) is 2.19. The fraction of sp³-hybridized carbons (Fsp3) is 0.500. The lowest BCUT2D eigenvalue weighted by Gasteiger charge is -2.19. The van der Waals surface area contributed by atoms with Gasteiger partial charge in [-0.15, -0.1) is 0 Å². The molecule has 0 aromatic heterocycles. The minimum absolute atomic E-state index is 0.0534. The molecule has 1 saturated carbocycles. The van der Waals surface area contributed by atoms with E-state index in [2.05, 4.69) is 12.2 Å². The van der Waals surface area contributed by atoms with Gasteiger partial charge in [-0.3, -0.25) is 0 Å². The minimum atomic E-state index is -1.15. The molecule has 0 saturated heterocycles. The monoisotopic (exact) mass is 229 g/mol. The largest absolute Gasteiger partial charge is 0.380 e. The van der Waals surface area contributed by atoms with Gasteiger partial charge in [0.15, 0.2) is 11.6 Å². The Labute approximate surface area is 92.7 Å². The van der Waals surface area contributed by atoms with Crippen LogP contribution in [0.4, 0.5) is 18.9 Å². The maximum Gasteiger partial charge on any atom is 0.161 e. The summed E-state index contributed by atoms with van der Waals surface area (Å²) in [5.74, 6) is -2.47. The fourth-order valence-corrected chi connectivity index (χ4v) is 2.19. The Kier molecular flexibility index (Phi) is 3.08. The molecule has 1 aromatic carbocycles. The van der Waals surface area contributed by atoms with Crippen LogP contribution in [0, 0.1) is 23.4 Å². The molecule has 0 heterocycles. The molecule has 0 bridgehead atoms. The van der Waals surface area contributed by atoms with Crippen LogP contribution in [0.2, 0.25) is 0 Å². The minimum Gasteiger partial charge on any atom is -0.380 e. The molecule has 1 nitrogen and oxygen atoms in total. The van der Waals surface area contributed by atoms with E-state index in [-0.39, 0.29) is 11.7 Å². The number of halogens is 3. The first-order valence-corrected chi connectivity index (χ1v) is 5.49. The maximum absolute atomic E-state index is 13.3. The van der Waals surface area contributed by atoms with Gasteiger partial charge in [0.2, 0.25) is 0 Å². The van der Waals surface area contributed by atoms with Gasteiger partial charge in [0.05, 0.1) is 5.69 Å². The molecule has 4 heteroatoms. The summed E-state index contributed by atoms with van der Waals surface area (Å²) in [6.45, 7) is 2.07. The van der Waals surface area contributed by atoms with Crippen LogP contribution in [0.1, 0.15) is 26.2 Å². The molecule has 2 atom stereocenters. The van der Waals surface area contributed by atoms with Gasteiger partial charge in [-0.1, -0.05) is 13.3 Å². The van der Waals surface area contributed by atoms with Crippen molar-refractivity contribution in [1.82, 2.24) is 0 Å². The maximum atomic E-state index is 13.3. The van der Waals surface area contributed by atoms with Crippen molar-refractivity contribution in [3.8, 4) is 0 Å². The van der Waals surface area contributed by atoms with Crippen LogP contribution in [-0.4, -0.2) is 6.04 Å². The molecule has 1 aromatic rings. The summed E-state index contributed by atoms with van der Waals surface area (Å²) in [7, 11) is 0. The second kappa shape index (κ2) is 4.36. The molecule has 1 fully saturated rings. The second-order valence-corrected chi connectivity index (χ2v) is 4.41. The van der Waals surface area contributed by atoms with Crippen molar-refractivity contribution in [3.63, 3.8) is 0 Å². The number of hydrogen-bond donors (Lipinski definition) is 1. The Morgan fingerprint density at radius 2 is 1.75 bits per heavy atom. The van der Waals surface area contributed by atoms with E-state index in [1.165, 1.54) is 0 Å². The second-order valence-electron chi connectivity index (χ2n) is 4.41. The smallest absolute Gasteiger partial charge is 0.161 e. The van der Waals surface area contributed by atoms with Crippen molar-refractivity contribution in [3.05, 3.63) is 29.6 Å². The lowest BCUT2D eigenvalue weighted by Crippen LogP contribution is -2.22. The summed E-state index contributed by atoms with van der Waals surface area (Å²) in [6, 6.07) is 1.62. The van der Waals surface area contributed by atoms with Crippen LogP contribution >= 0.6 is 0 Å². The first-order chi connectivity index (χ1) is 7.58. The van der Waals surface area contributed by atoms with E-state index in [0.29, 0.717) is 12.0 Å². The standard InChI is InChI=1S/C12H14F3N/c1-7-3-2-4-11(7)16-12-6-9(14)8(13)5-10(12)15/h5-7,11,16H,2-4H2,1H3. The molecule has 1 aliphatic rings. The van der Waals surface area contributed by atoms with Crippen molar-refractivity contribution in [1.29, 1.82) is 0 Å². The summed E-state index contributed by atoms with van der Waals surface area (Å²) in [6.07, 6.45) is 3.12. The van der Waals surface area contributed by atoms with Crippen molar-refractivity contribution in [2.24, 2.45) is 5.92 Å². The zero-order valence-corrected chi connectivity index (χ0v) is 9.06. The third-order valence-corrected chi connectivity index (χ3v) is 3.21. The van der Waals surface area contributed by atoms with Crippen LogP contribution in [0.3, 0.4) is 0 Å². The Balaban J connectivity index is 2.18. The Hall–Kier alpha value is -1.19. The van der Waals surface area contributed by atoms with Crippen molar-refractivity contribution < 1.29 is 13.2 Å². The van der Waals surface area contributed by atoms with Gasteiger partial charge in [0.1, 0.15) is 5.82 Å². The highest BCUT2D eigenvalue weighted by Gasteiger charge is 2.24. The molecular weight excluding hydrogens is 215 g/mol. The van der Waals surface area contributed by atoms with Gasteiger partial charge in [0, 0.05) is 18.2 Å². The molecular formula is C12H14F3N. The lowest BCUT2D eigenvalue weighted by molar-refractivity contribution is 0.493. The zero-order chi connectivity index (χ0) is 11.7. The summed E-state index contributed by atoms with van der Waals surface area (Å²) in [5, 5.41) is 2.95. The Morgan fingerprint density at radius 3 is 2.38 bits per heavy atom. The Morgan fingerprint density at radius 1 is 1.06 bits per heavy atom. The average Bonchev–Trinajstić information content (AvgIpc) is 2.61. The van der Waals surface area contributed by atoms with Crippen molar-refractivity contribution in [2.45, 2.75) is 32.2 Å². The molecule has 2 unspecified atom stereocenters. The number of nitrogens with one attached hydrogen (secondary N) is 1. The van der Waals surface area contributed by atoms with Crippen molar-refractivity contribution in [2.75, 3.05) is 5.32 Å². The van der Waals surface area contributed by atoms with E-state index >= 15 is 0 Å². The number of anilines is 1. The van der Waals surface area contributed by atoms with Gasteiger partial charge in [-0.2, -0.15) is 0 Å². The summed E-state index contributed by atoms with van der Waals surface area (Å²) < 4.78 is 39.0. The molecule has 0 amide bonds. The highest BCUT2D eigenvalue weighted by atomic mass is 19.2. The molecule has 0 radical (unpaired) electrons. The van der Waals surface area contributed by atoms with Gasteiger partial charge >= 0.3 is 0 Å². The van der Waals surface area contributed by atoms with Gasteiger partial charge < -0.3 is 5.32 Å². The van der Waals surface area contributed by atoms with Crippen LogP contribution in [-0.2, 0) is 0 Å². The predicted molar refractivity (Wildman–Crippen MR) is 56.7 cm³/mol. The van der Waals surface area contributed by atoms with E-state index in [4.69, 9.17) is 0 Å². The molecule has 1 N–H and O–H groups in total. The summed E-state index contributed by atoms with van der Waals surface area (Å²) >= 11 is 0. The summed E-state index contributed by atoms with van der Waals surface area (Å²) in [5.41, 5.74) is 0.0534. The van der Waals surface area contributed by atoms with E-state index in [9.17, 15) is 13.2 Å². The third-order valence-electron chi connectivity index (χ3n) is 3.21. The number of benzene rings is 1. The third kappa shape index (κ3) is 2.15. The van der Waals surface area contributed by atoms with Crippen LogP contribution in [0.15, 0.2) is 12.1 Å².